The van der Waals surface area contributed by atoms with E-state index in [2.05, 4.69) is 5.32 Å². The number of hydrogen-bond acceptors (Lipinski definition) is 6. The van der Waals surface area contributed by atoms with Crippen molar-refractivity contribution in [1.82, 2.24) is 0 Å². The van der Waals surface area contributed by atoms with Crippen LogP contribution in [0.15, 0.2) is 66.2 Å². The maximum atomic E-state index is 12.2. The van der Waals surface area contributed by atoms with Gasteiger partial charge in [0.2, 0.25) is 0 Å². The molecule has 1 aliphatic heterocycles. The van der Waals surface area contributed by atoms with Gasteiger partial charge in [-0.1, -0.05) is 24.3 Å². The molecule has 1 heterocycles. The van der Waals surface area contributed by atoms with Crippen LogP contribution >= 0.6 is 11.6 Å². The van der Waals surface area contributed by atoms with E-state index in [1.807, 2.05) is 0 Å². The molecule has 0 aliphatic carbocycles. The molecule has 0 radical (unpaired) electrons. The summed E-state index contributed by atoms with van der Waals surface area (Å²) >= 11 is 6.00. The molecule has 0 saturated heterocycles. The van der Waals surface area contributed by atoms with Crippen LogP contribution < -0.4 is 5.32 Å². The Morgan fingerprint density at radius 2 is 1.77 bits per heavy atom. The van der Waals surface area contributed by atoms with Crippen molar-refractivity contribution < 1.29 is 29.0 Å². The highest BCUT2D eigenvalue weighted by Gasteiger charge is 2.37. The zero-order valence-electron chi connectivity index (χ0n) is 13.1. The second-order valence-corrected chi connectivity index (χ2v) is 5.69. The summed E-state index contributed by atoms with van der Waals surface area (Å²) in [5, 5.41) is 10.6. The van der Waals surface area contributed by atoms with Gasteiger partial charge in [0.1, 0.15) is 5.70 Å². The van der Waals surface area contributed by atoms with Crippen LogP contribution in [-0.2, 0) is 14.3 Å². The van der Waals surface area contributed by atoms with Crippen molar-refractivity contribution in [1.29, 1.82) is 0 Å². The molecule has 0 amide bonds. The molecule has 1 unspecified atom stereocenters. The predicted molar refractivity (Wildman–Crippen MR) is 91.6 cm³/mol. The number of hydrogen-bond donors (Lipinski definition) is 2. The van der Waals surface area contributed by atoms with Gasteiger partial charge < -0.3 is 19.9 Å². The highest BCUT2D eigenvalue weighted by molar-refractivity contribution is 6.33. The van der Waals surface area contributed by atoms with Crippen LogP contribution in [0, 0.1) is 0 Å². The maximum absolute atomic E-state index is 12.2. The first kappa shape index (κ1) is 17.5. The van der Waals surface area contributed by atoms with Crippen molar-refractivity contribution in [3.05, 3.63) is 77.4 Å². The number of ether oxygens (including phenoxy) is 2. The monoisotopic (exact) mass is 373 g/mol. The van der Waals surface area contributed by atoms with Crippen LogP contribution in [0.4, 0.5) is 5.69 Å². The smallest absolute Gasteiger partial charge is 0.345 e. The number of nitrogens with one attached hydrogen (secondary N) is 1. The fourth-order valence-corrected chi connectivity index (χ4v) is 2.40. The van der Waals surface area contributed by atoms with Gasteiger partial charge in [-0.3, -0.25) is 0 Å². The molecule has 3 rings (SSSR count). The van der Waals surface area contributed by atoms with Crippen molar-refractivity contribution in [3.8, 4) is 0 Å². The third-order valence-corrected chi connectivity index (χ3v) is 3.85. The van der Waals surface area contributed by atoms with E-state index < -0.39 is 23.3 Å². The lowest BCUT2D eigenvalue weighted by atomic mass is 10.2. The Balaban J connectivity index is 1.87. The quantitative estimate of drug-likeness (QED) is 0.613. The molecule has 1 atom stereocenters. The van der Waals surface area contributed by atoms with Crippen LogP contribution in [-0.4, -0.2) is 28.4 Å². The number of aromatic carboxylic acids is 1. The number of anilines is 1. The Morgan fingerprint density at radius 1 is 1.08 bits per heavy atom. The molecule has 26 heavy (non-hydrogen) atoms. The summed E-state index contributed by atoms with van der Waals surface area (Å²) in [6.07, 6.45) is 0. The van der Waals surface area contributed by atoms with Crippen LogP contribution in [0.3, 0.4) is 0 Å². The third kappa shape index (κ3) is 3.68. The molecular weight excluding hydrogens is 362 g/mol. The minimum Gasteiger partial charge on any atom is -0.478 e. The number of rotatable bonds is 5. The number of carbonyl (C=O) groups is 3. The van der Waals surface area contributed by atoms with E-state index in [1.54, 1.807) is 36.4 Å². The van der Waals surface area contributed by atoms with Gasteiger partial charge in [-0.25, -0.2) is 14.4 Å². The lowest BCUT2D eigenvalue weighted by Gasteiger charge is -2.10. The van der Waals surface area contributed by atoms with Gasteiger partial charge in [0.05, 0.1) is 11.1 Å². The normalized spacial score (nSPS) is 16.2. The van der Waals surface area contributed by atoms with Gasteiger partial charge in [-0.15, -0.1) is 11.6 Å². The number of cyclic esters (lactones) is 1. The standard InChI is InChI=1S/C18H12ClNO6/c19-13-14(20-12-8-4-7-11(9-12)15(21)22)18(26-17(13)24)25-16(23)10-5-2-1-3-6-10/h1-9,13,20H,(H,21,22). The Kier molecular flexibility index (Phi) is 4.90. The molecule has 0 aromatic heterocycles. The Labute approximate surface area is 152 Å². The molecule has 2 aromatic rings. The summed E-state index contributed by atoms with van der Waals surface area (Å²) in [4.78, 5) is 35.0. The van der Waals surface area contributed by atoms with Gasteiger partial charge in [0, 0.05) is 5.69 Å². The van der Waals surface area contributed by atoms with Crippen molar-refractivity contribution in [2.75, 3.05) is 5.32 Å². The Hall–Kier alpha value is -3.32. The average molecular weight is 374 g/mol. The molecule has 7 nitrogen and oxygen atoms in total. The summed E-state index contributed by atoms with van der Waals surface area (Å²) < 4.78 is 10.1. The van der Waals surface area contributed by atoms with Gasteiger partial charge in [-0.05, 0) is 30.3 Å². The minimum atomic E-state index is -1.22. The fraction of sp³-hybridized carbons (Fsp3) is 0.0556. The summed E-state index contributed by atoms with van der Waals surface area (Å²) in [5.74, 6) is -3.01. The summed E-state index contributed by atoms with van der Waals surface area (Å²) in [5.41, 5.74) is 0.664. The summed E-state index contributed by atoms with van der Waals surface area (Å²) in [6, 6.07) is 14.0. The van der Waals surface area contributed by atoms with Gasteiger partial charge >= 0.3 is 23.9 Å². The molecule has 2 N–H and O–H groups in total. The van der Waals surface area contributed by atoms with E-state index in [9.17, 15) is 14.4 Å². The molecule has 0 saturated carbocycles. The minimum absolute atomic E-state index is 0.0171. The zero-order chi connectivity index (χ0) is 18.7. The number of esters is 2. The van der Waals surface area contributed by atoms with Crippen LogP contribution in [0.1, 0.15) is 20.7 Å². The molecule has 2 aromatic carbocycles. The maximum Gasteiger partial charge on any atom is 0.345 e. The Bertz CT molecular complexity index is 909. The van der Waals surface area contributed by atoms with Crippen molar-refractivity contribution in [3.63, 3.8) is 0 Å². The first-order valence-electron chi connectivity index (χ1n) is 7.43. The van der Waals surface area contributed by atoms with Crippen molar-refractivity contribution in [2.45, 2.75) is 5.38 Å². The van der Waals surface area contributed by atoms with Crippen molar-refractivity contribution in [2.24, 2.45) is 0 Å². The SMILES string of the molecule is O=C(O)c1cccc(NC2=C(OC(=O)c3ccccc3)OC(=O)C2Cl)c1. The fourth-order valence-electron chi connectivity index (χ4n) is 2.21. The summed E-state index contributed by atoms with van der Waals surface area (Å²) in [7, 11) is 0. The zero-order valence-corrected chi connectivity index (χ0v) is 13.9. The second kappa shape index (κ2) is 7.28. The molecule has 132 valence electrons. The van der Waals surface area contributed by atoms with Gasteiger partial charge in [0.15, 0.2) is 5.38 Å². The number of halogens is 1. The van der Waals surface area contributed by atoms with E-state index in [0.717, 1.165) is 0 Å². The van der Waals surface area contributed by atoms with E-state index in [4.69, 9.17) is 26.2 Å². The van der Waals surface area contributed by atoms with Gasteiger partial charge in [0.25, 0.3) is 0 Å². The first-order valence-corrected chi connectivity index (χ1v) is 7.87. The average Bonchev–Trinajstić information content (AvgIpc) is 2.90. The number of carboxylic acids is 1. The van der Waals surface area contributed by atoms with E-state index in [0.29, 0.717) is 5.69 Å². The highest BCUT2D eigenvalue weighted by Crippen LogP contribution is 2.29. The number of carboxylic acid groups (broad SMARTS) is 1. The second-order valence-electron chi connectivity index (χ2n) is 5.25. The number of alkyl halides is 1. The topological polar surface area (TPSA) is 102 Å². The lowest BCUT2D eigenvalue weighted by molar-refractivity contribution is -0.139. The third-order valence-electron chi connectivity index (χ3n) is 3.46. The molecular formula is C18H12ClNO6. The summed E-state index contributed by atoms with van der Waals surface area (Å²) in [6.45, 7) is 0. The van der Waals surface area contributed by atoms with E-state index in [-0.39, 0.29) is 22.8 Å². The van der Waals surface area contributed by atoms with E-state index in [1.165, 1.54) is 18.2 Å². The molecule has 0 spiro atoms. The largest absolute Gasteiger partial charge is 0.478 e. The molecule has 0 fully saturated rings. The van der Waals surface area contributed by atoms with Crippen molar-refractivity contribution >= 4 is 35.2 Å². The highest BCUT2D eigenvalue weighted by atomic mass is 35.5. The molecule has 8 heteroatoms. The van der Waals surface area contributed by atoms with Crippen LogP contribution in [0.25, 0.3) is 0 Å². The van der Waals surface area contributed by atoms with Crippen LogP contribution in [0.5, 0.6) is 0 Å². The first-order chi connectivity index (χ1) is 12.5. The van der Waals surface area contributed by atoms with Crippen LogP contribution in [0.2, 0.25) is 0 Å². The Morgan fingerprint density at radius 3 is 2.46 bits per heavy atom. The molecule has 1 aliphatic rings. The van der Waals surface area contributed by atoms with E-state index >= 15 is 0 Å². The number of carbonyl (C=O) groups excluding carboxylic acids is 2. The predicted octanol–water partition coefficient (Wildman–Crippen LogP) is 2.99. The molecule has 0 bridgehead atoms. The number of benzene rings is 2. The van der Waals surface area contributed by atoms with Gasteiger partial charge in [-0.2, -0.15) is 0 Å². The lowest BCUT2D eigenvalue weighted by Crippen LogP contribution is -2.16.